The largest absolute Gasteiger partial charge is 0.497 e. The lowest BCUT2D eigenvalue weighted by molar-refractivity contribution is 0.102. The number of nitrogen functional groups attached to an aromatic ring is 1. The van der Waals surface area contributed by atoms with Crippen LogP contribution in [0.15, 0.2) is 30.3 Å². The van der Waals surface area contributed by atoms with Crippen LogP contribution in [0.2, 0.25) is 0 Å². The first-order valence-electron chi connectivity index (χ1n) is 6.13. The Kier molecular flexibility index (Phi) is 4.34. The highest BCUT2D eigenvalue weighted by Gasteiger charge is 2.12. The van der Waals surface area contributed by atoms with Gasteiger partial charge in [-0.1, -0.05) is 0 Å². The standard InChI is InChI=1S/C14H15FN4O2/c1-8-5-9(6-13(17-8)19-16)14(20)18-12-7-10(21-2)3-4-11(12)15/h3-7H,16H2,1-2H3,(H,17,19)(H,18,20). The van der Waals surface area contributed by atoms with Gasteiger partial charge in [-0.05, 0) is 31.2 Å². The average molecular weight is 290 g/mol. The Bertz CT molecular complexity index is 676. The van der Waals surface area contributed by atoms with Gasteiger partial charge in [0.2, 0.25) is 0 Å². The summed E-state index contributed by atoms with van der Waals surface area (Å²) in [5, 5.41) is 2.49. The lowest BCUT2D eigenvalue weighted by atomic mass is 10.2. The summed E-state index contributed by atoms with van der Waals surface area (Å²) in [6.07, 6.45) is 0. The highest BCUT2D eigenvalue weighted by atomic mass is 19.1. The average Bonchev–Trinajstić information content (AvgIpc) is 2.48. The van der Waals surface area contributed by atoms with E-state index < -0.39 is 11.7 Å². The fourth-order valence-corrected chi connectivity index (χ4v) is 1.80. The zero-order valence-electron chi connectivity index (χ0n) is 11.6. The maximum atomic E-state index is 13.7. The molecule has 0 saturated heterocycles. The summed E-state index contributed by atoms with van der Waals surface area (Å²) in [4.78, 5) is 16.2. The zero-order chi connectivity index (χ0) is 15.4. The fraction of sp³-hybridized carbons (Fsp3) is 0.143. The molecule has 0 radical (unpaired) electrons. The number of aromatic nitrogens is 1. The molecule has 2 aromatic rings. The molecule has 0 unspecified atom stereocenters. The molecule has 4 N–H and O–H groups in total. The number of carbonyl (C=O) groups is 1. The van der Waals surface area contributed by atoms with Gasteiger partial charge in [-0.25, -0.2) is 15.2 Å². The predicted molar refractivity (Wildman–Crippen MR) is 77.7 cm³/mol. The number of carbonyl (C=O) groups excluding carboxylic acids is 1. The van der Waals surface area contributed by atoms with Crippen molar-refractivity contribution < 1.29 is 13.9 Å². The number of ether oxygens (including phenoxy) is 1. The monoisotopic (exact) mass is 290 g/mol. The first kappa shape index (κ1) is 14.7. The summed E-state index contributed by atoms with van der Waals surface area (Å²) >= 11 is 0. The quantitative estimate of drug-likeness (QED) is 0.592. The van der Waals surface area contributed by atoms with Gasteiger partial charge in [0.1, 0.15) is 17.4 Å². The van der Waals surface area contributed by atoms with Crippen LogP contribution in [-0.2, 0) is 0 Å². The third kappa shape index (κ3) is 3.46. The summed E-state index contributed by atoms with van der Waals surface area (Å²) in [6, 6.07) is 7.15. The maximum Gasteiger partial charge on any atom is 0.255 e. The number of halogens is 1. The summed E-state index contributed by atoms with van der Waals surface area (Å²) in [5.74, 6) is 5.06. The van der Waals surface area contributed by atoms with E-state index in [1.807, 2.05) is 0 Å². The zero-order valence-corrected chi connectivity index (χ0v) is 11.6. The van der Waals surface area contributed by atoms with Crippen LogP contribution in [0.4, 0.5) is 15.9 Å². The van der Waals surface area contributed by atoms with Crippen molar-refractivity contribution in [3.05, 3.63) is 47.4 Å². The lowest BCUT2D eigenvalue weighted by Crippen LogP contribution is -2.15. The molecular formula is C14H15FN4O2. The summed E-state index contributed by atoms with van der Waals surface area (Å²) < 4.78 is 18.7. The van der Waals surface area contributed by atoms with E-state index in [0.717, 1.165) is 0 Å². The Balaban J connectivity index is 2.27. The van der Waals surface area contributed by atoms with Gasteiger partial charge in [-0.3, -0.25) is 4.79 Å². The second-order valence-corrected chi connectivity index (χ2v) is 4.33. The van der Waals surface area contributed by atoms with Crippen molar-refractivity contribution in [1.82, 2.24) is 4.98 Å². The number of nitrogens with zero attached hydrogens (tertiary/aromatic N) is 1. The molecule has 0 fully saturated rings. The van der Waals surface area contributed by atoms with Gasteiger partial charge < -0.3 is 15.5 Å². The van der Waals surface area contributed by atoms with Crippen molar-refractivity contribution in [3.63, 3.8) is 0 Å². The number of nitrogens with one attached hydrogen (secondary N) is 2. The van der Waals surface area contributed by atoms with Gasteiger partial charge in [-0.15, -0.1) is 0 Å². The van der Waals surface area contributed by atoms with Crippen molar-refractivity contribution >= 4 is 17.4 Å². The number of pyridine rings is 1. The smallest absolute Gasteiger partial charge is 0.255 e. The molecule has 0 aliphatic rings. The number of hydrogen-bond donors (Lipinski definition) is 3. The van der Waals surface area contributed by atoms with Crippen LogP contribution in [0.25, 0.3) is 0 Å². The molecule has 1 aromatic carbocycles. The van der Waals surface area contributed by atoms with Crippen LogP contribution in [0.3, 0.4) is 0 Å². The molecule has 7 heteroatoms. The minimum atomic E-state index is -0.549. The number of benzene rings is 1. The van der Waals surface area contributed by atoms with E-state index in [-0.39, 0.29) is 5.69 Å². The van der Waals surface area contributed by atoms with E-state index in [1.54, 1.807) is 13.0 Å². The Morgan fingerprint density at radius 2 is 2.10 bits per heavy atom. The molecule has 1 aromatic heterocycles. The second-order valence-electron chi connectivity index (χ2n) is 4.33. The van der Waals surface area contributed by atoms with Crippen LogP contribution in [-0.4, -0.2) is 18.0 Å². The minimum Gasteiger partial charge on any atom is -0.497 e. The van der Waals surface area contributed by atoms with Crippen LogP contribution < -0.4 is 21.3 Å². The molecule has 21 heavy (non-hydrogen) atoms. The van der Waals surface area contributed by atoms with E-state index >= 15 is 0 Å². The number of methoxy groups -OCH3 is 1. The van der Waals surface area contributed by atoms with Crippen LogP contribution in [0, 0.1) is 12.7 Å². The number of hydrazine groups is 1. The lowest BCUT2D eigenvalue weighted by Gasteiger charge is -2.09. The maximum absolute atomic E-state index is 13.7. The number of anilines is 2. The van der Waals surface area contributed by atoms with E-state index in [9.17, 15) is 9.18 Å². The van der Waals surface area contributed by atoms with Crippen molar-refractivity contribution in [3.8, 4) is 5.75 Å². The molecule has 0 bridgehead atoms. The molecule has 110 valence electrons. The highest BCUT2D eigenvalue weighted by Crippen LogP contribution is 2.22. The number of nitrogens with two attached hydrogens (primary N) is 1. The SMILES string of the molecule is COc1ccc(F)c(NC(=O)c2cc(C)nc(NN)c2)c1. The first-order chi connectivity index (χ1) is 10.0. The number of hydrogen-bond acceptors (Lipinski definition) is 5. The Hall–Kier alpha value is -2.67. The van der Waals surface area contributed by atoms with Gasteiger partial charge in [-0.2, -0.15) is 0 Å². The topological polar surface area (TPSA) is 89.3 Å². The van der Waals surface area contributed by atoms with Gasteiger partial charge in [0.15, 0.2) is 0 Å². The van der Waals surface area contributed by atoms with Crippen molar-refractivity contribution in [1.29, 1.82) is 0 Å². The molecule has 2 rings (SSSR count). The molecule has 6 nitrogen and oxygen atoms in total. The normalized spacial score (nSPS) is 10.1. The number of amides is 1. The number of aryl methyl sites for hydroxylation is 1. The molecule has 0 spiro atoms. The molecule has 0 saturated carbocycles. The number of rotatable bonds is 4. The molecule has 0 atom stereocenters. The molecule has 1 heterocycles. The van der Waals surface area contributed by atoms with E-state index in [0.29, 0.717) is 22.8 Å². The van der Waals surface area contributed by atoms with Gasteiger partial charge in [0, 0.05) is 17.3 Å². The molecule has 0 aliphatic heterocycles. The van der Waals surface area contributed by atoms with Crippen molar-refractivity contribution in [2.24, 2.45) is 5.84 Å². The summed E-state index contributed by atoms with van der Waals surface area (Å²) in [6.45, 7) is 1.73. The van der Waals surface area contributed by atoms with E-state index in [4.69, 9.17) is 10.6 Å². The fourth-order valence-electron chi connectivity index (χ4n) is 1.80. The highest BCUT2D eigenvalue weighted by molar-refractivity contribution is 6.04. The third-order valence-electron chi connectivity index (χ3n) is 2.79. The van der Waals surface area contributed by atoms with Gasteiger partial charge in [0.05, 0.1) is 12.8 Å². The predicted octanol–water partition coefficient (Wildman–Crippen LogP) is 2.08. The Labute approximate surface area is 121 Å². The second kappa shape index (κ2) is 6.19. The van der Waals surface area contributed by atoms with E-state index in [1.165, 1.54) is 31.4 Å². The van der Waals surface area contributed by atoms with Crippen molar-refractivity contribution in [2.45, 2.75) is 6.92 Å². The van der Waals surface area contributed by atoms with Crippen molar-refractivity contribution in [2.75, 3.05) is 17.9 Å². The molecule has 1 amide bonds. The van der Waals surface area contributed by atoms with Gasteiger partial charge >= 0.3 is 0 Å². The Morgan fingerprint density at radius 1 is 1.33 bits per heavy atom. The van der Waals surface area contributed by atoms with Crippen LogP contribution in [0.1, 0.15) is 16.1 Å². The summed E-state index contributed by atoms with van der Waals surface area (Å²) in [7, 11) is 1.46. The van der Waals surface area contributed by atoms with Crippen LogP contribution >= 0.6 is 0 Å². The Morgan fingerprint density at radius 3 is 2.76 bits per heavy atom. The molecule has 0 aliphatic carbocycles. The van der Waals surface area contributed by atoms with E-state index in [2.05, 4.69) is 15.7 Å². The first-order valence-corrected chi connectivity index (χ1v) is 6.13. The minimum absolute atomic E-state index is 0.0380. The third-order valence-corrected chi connectivity index (χ3v) is 2.79. The summed E-state index contributed by atoms with van der Waals surface area (Å²) in [5.41, 5.74) is 3.34. The molecular weight excluding hydrogens is 275 g/mol. The van der Waals surface area contributed by atoms with Crippen LogP contribution in [0.5, 0.6) is 5.75 Å². The van der Waals surface area contributed by atoms with Gasteiger partial charge in [0.25, 0.3) is 5.91 Å².